The van der Waals surface area contributed by atoms with Gasteiger partial charge in [0.05, 0.1) is 6.07 Å². The third kappa shape index (κ3) is 4.17. The van der Waals surface area contributed by atoms with E-state index in [9.17, 15) is 9.18 Å². The van der Waals surface area contributed by atoms with Gasteiger partial charge in [-0.15, -0.1) is 0 Å². The minimum absolute atomic E-state index is 0.104. The number of amides is 1. The van der Waals surface area contributed by atoms with E-state index in [1.807, 2.05) is 19.9 Å². The molecule has 0 saturated heterocycles. The van der Waals surface area contributed by atoms with E-state index in [-0.39, 0.29) is 18.1 Å². The monoisotopic (exact) mass is 248 g/mol. The maximum atomic E-state index is 13.4. The van der Waals surface area contributed by atoms with Crippen molar-refractivity contribution < 1.29 is 9.18 Å². The Kier molecular flexibility index (Phi) is 5.31. The lowest BCUT2D eigenvalue weighted by Crippen LogP contribution is -2.33. The third-order valence-corrected chi connectivity index (χ3v) is 2.54. The second-order valence-corrected chi connectivity index (χ2v) is 4.62. The summed E-state index contributed by atoms with van der Waals surface area (Å²) in [7, 11) is 0. The molecule has 18 heavy (non-hydrogen) atoms. The van der Waals surface area contributed by atoms with E-state index < -0.39 is 5.92 Å². The van der Waals surface area contributed by atoms with Crippen molar-refractivity contribution >= 4 is 5.91 Å². The van der Waals surface area contributed by atoms with Crippen LogP contribution in [0.25, 0.3) is 0 Å². The van der Waals surface area contributed by atoms with E-state index in [0.29, 0.717) is 18.0 Å². The standard InChI is InChI=1S/C14H17FN2O/c1-10(2)9-17-14(18)12(8-16)7-11-5-3-4-6-13(11)15/h3-6,10,12H,7,9H2,1-2H3,(H,17,18). The zero-order valence-electron chi connectivity index (χ0n) is 10.6. The lowest BCUT2D eigenvalue weighted by Gasteiger charge is -2.12. The molecule has 1 aromatic rings. The van der Waals surface area contributed by atoms with Gasteiger partial charge in [-0.2, -0.15) is 5.26 Å². The van der Waals surface area contributed by atoms with Crippen LogP contribution in [0.15, 0.2) is 24.3 Å². The summed E-state index contributed by atoms with van der Waals surface area (Å²) in [5.74, 6) is -1.24. The van der Waals surface area contributed by atoms with E-state index >= 15 is 0 Å². The molecule has 0 aliphatic heterocycles. The molecule has 1 atom stereocenters. The van der Waals surface area contributed by atoms with Gasteiger partial charge >= 0.3 is 0 Å². The van der Waals surface area contributed by atoms with Crippen molar-refractivity contribution in [2.75, 3.05) is 6.54 Å². The molecule has 0 aliphatic rings. The van der Waals surface area contributed by atoms with Gasteiger partial charge < -0.3 is 5.32 Å². The largest absolute Gasteiger partial charge is 0.355 e. The minimum Gasteiger partial charge on any atom is -0.355 e. The normalized spacial score (nSPS) is 11.9. The molecule has 1 unspecified atom stereocenters. The van der Waals surface area contributed by atoms with Gasteiger partial charge in [0.25, 0.3) is 0 Å². The van der Waals surface area contributed by atoms with Crippen molar-refractivity contribution in [2.45, 2.75) is 20.3 Å². The fraction of sp³-hybridized carbons (Fsp3) is 0.429. The van der Waals surface area contributed by atoms with Crippen molar-refractivity contribution in [3.05, 3.63) is 35.6 Å². The van der Waals surface area contributed by atoms with E-state index in [4.69, 9.17) is 5.26 Å². The highest BCUT2D eigenvalue weighted by Gasteiger charge is 2.19. The molecule has 4 heteroatoms. The van der Waals surface area contributed by atoms with Crippen molar-refractivity contribution in [3.8, 4) is 6.07 Å². The first-order chi connectivity index (χ1) is 8.54. The quantitative estimate of drug-likeness (QED) is 0.869. The van der Waals surface area contributed by atoms with Crippen LogP contribution >= 0.6 is 0 Å². The molecule has 0 fully saturated rings. The molecular formula is C14H17FN2O. The van der Waals surface area contributed by atoms with Gasteiger partial charge in [0.2, 0.25) is 5.91 Å². The highest BCUT2D eigenvalue weighted by atomic mass is 19.1. The first kappa shape index (κ1) is 14.2. The maximum Gasteiger partial charge on any atom is 0.237 e. The average Bonchev–Trinajstić information content (AvgIpc) is 2.35. The van der Waals surface area contributed by atoms with Gasteiger partial charge in [-0.3, -0.25) is 4.79 Å². The Morgan fingerprint density at radius 2 is 2.11 bits per heavy atom. The molecule has 1 N–H and O–H groups in total. The topological polar surface area (TPSA) is 52.9 Å². The number of rotatable bonds is 5. The summed E-state index contributed by atoms with van der Waals surface area (Å²) in [6, 6.07) is 8.12. The van der Waals surface area contributed by atoms with Crippen LogP contribution in [0, 0.1) is 29.0 Å². The van der Waals surface area contributed by atoms with Crippen LogP contribution in [0.1, 0.15) is 19.4 Å². The Labute approximate surface area is 107 Å². The van der Waals surface area contributed by atoms with Crippen LogP contribution in [0.5, 0.6) is 0 Å². The zero-order valence-corrected chi connectivity index (χ0v) is 10.6. The van der Waals surface area contributed by atoms with Crippen LogP contribution in [0.2, 0.25) is 0 Å². The number of hydrogen-bond donors (Lipinski definition) is 1. The SMILES string of the molecule is CC(C)CNC(=O)C(C#N)Cc1ccccc1F. The number of carbonyl (C=O) groups excluding carboxylic acids is 1. The Bertz CT molecular complexity index is 451. The molecule has 0 aromatic heterocycles. The van der Waals surface area contributed by atoms with E-state index in [1.165, 1.54) is 6.07 Å². The van der Waals surface area contributed by atoms with Gasteiger partial charge in [-0.05, 0) is 17.5 Å². The lowest BCUT2D eigenvalue weighted by molar-refractivity contribution is -0.123. The smallest absolute Gasteiger partial charge is 0.237 e. The summed E-state index contributed by atoms with van der Waals surface area (Å²) in [6.07, 6.45) is 0.104. The summed E-state index contributed by atoms with van der Waals surface area (Å²) >= 11 is 0. The molecule has 0 spiro atoms. The molecule has 3 nitrogen and oxygen atoms in total. The first-order valence-electron chi connectivity index (χ1n) is 5.95. The van der Waals surface area contributed by atoms with Crippen LogP contribution in [-0.2, 0) is 11.2 Å². The van der Waals surface area contributed by atoms with Gasteiger partial charge in [-0.25, -0.2) is 4.39 Å². The van der Waals surface area contributed by atoms with Gasteiger partial charge in [-0.1, -0.05) is 32.0 Å². The van der Waals surface area contributed by atoms with Crippen LogP contribution in [-0.4, -0.2) is 12.5 Å². The minimum atomic E-state index is -0.847. The second kappa shape index (κ2) is 6.75. The molecule has 0 bridgehead atoms. The molecule has 0 radical (unpaired) electrons. The summed E-state index contributed by atoms with van der Waals surface area (Å²) in [5.41, 5.74) is 0.392. The number of halogens is 1. The molecule has 1 aromatic carbocycles. The van der Waals surface area contributed by atoms with Crippen molar-refractivity contribution in [1.29, 1.82) is 5.26 Å². The molecular weight excluding hydrogens is 231 g/mol. The number of nitriles is 1. The number of benzene rings is 1. The van der Waals surface area contributed by atoms with E-state index in [2.05, 4.69) is 5.32 Å². The molecule has 0 saturated carbocycles. The Morgan fingerprint density at radius 3 is 2.67 bits per heavy atom. The van der Waals surface area contributed by atoms with Gasteiger partial charge in [0, 0.05) is 13.0 Å². The average molecular weight is 248 g/mol. The second-order valence-electron chi connectivity index (χ2n) is 4.62. The first-order valence-corrected chi connectivity index (χ1v) is 5.95. The Morgan fingerprint density at radius 1 is 1.44 bits per heavy atom. The Balaban J connectivity index is 2.66. The third-order valence-electron chi connectivity index (χ3n) is 2.54. The lowest BCUT2D eigenvalue weighted by atomic mass is 9.99. The predicted octanol–water partition coefficient (Wildman–Crippen LogP) is 2.28. The van der Waals surface area contributed by atoms with Gasteiger partial charge in [0.1, 0.15) is 11.7 Å². The highest BCUT2D eigenvalue weighted by Crippen LogP contribution is 2.12. The zero-order chi connectivity index (χ0) is 13.5. The molecule has 0 heterocycles. The fourth-order valence-electron chi connectivity index (χ4n) is 1.51. The van der Waals surface area contributed by atoms with Crippen LogP contribution in [0.3, 0.4) is 0 Å². The predicted molar refractivity (Wildman–Crippen MR) is 67.1 cm³/mol. The van der Waals surface area contributed by atoms with E-state index in [1.54, 1.807) is 18.2 Å². The van der Waals surface area contributed by atoms with Gasteiger partial charge in [0.15, 0.2) is 0 Å². The van der Waals surface area contributed by atoms with Crippen LogP contribution in [0.4, 0.5) is 4.39 Å². The number of nitrogens with one attached hydrogen (secondary N) is 1. The number of hydrogen-bond acceptors (Lipinski definition) is 2. The van der Waals surface area contributed by atoms with Crippen LogP contribution < -0.4 is 5.32 Å². The summed E-state index contributed by atoms with van der Waals surface area (Å²) in [4.78, 5) is 11.7. The molecule has 1 amide bonds. The number of carbonyl (C=O) groups is 1. The number of nitrogens with zero attached hydrogens (tertiary/aromatic N) is 1. The Hall–Kier alpha value is -1.89. The molecule has 96 valence electrons. The molecule has 0 aliphatic carbocycles. The summed E-state index contributed by atoms with van der Waals surface area (Å²) in [5, 5.41) is 11.7. The summed E-state index contributed by atoms with van der Waals surface area (Å²) < 4.78 is 13.4. The maximum absolute atomic E-state index is 13.4. The van der Waals surface area contributed by atoms with E-state index in [0.717, 1.165) is 0 Å². The fourth-order valence-corrected chi connectivity index (χ4v) is 1.51. The molecule has 1 rings (SSSR count). The van der Waals surface area contributed by atoms with Crippen molar-refractivity contribution in [3.63, 3.8) is 0 Å². The van der Waals surface area contributed by atoms with Crippen molar-refractivity contribution in [2.24, 2.45) is 11.8 Å². The summed E-state index contributed by atoms with van der Waals surface area (Å²) in [6.45, 7) is 4.46. The highest BCUT2D eigenvalue weighted by molar-refractivity contribution is 5.81. The van der Waals surface area contributed by atoms with Crippen molar-refractivity contribution in [1.82, 2.24) is 5.32 Å².